The first-order valence-electron chi connectivity index (χ1n) is 4.08. The van der Waals surface area contributed by atoms with E-state index in [1.54, 1.807) is 0 Å². The molecule has 1 heteroatoms. The highest BCUT2D eigenvalue weighted by molar-refractivity contribution is 4.45. The van der Waals surface area contributed by atoms with Crippen LogP contribution in [0.15, 0.2) is 13.2 Å². The van der Waals surface area contributed by atoms with E-state index in [0.717, 1.165) is 13.2 Å². The molecule has 0 bridgehead atoms. The fourth-order valence-corrected chi connectivity index (χ4v) is 0.687. The second-order valence-corrected chi connectivity index (χ2v) is 1.67. The Morgan fingerprint density at radius 1 is 0.900 bits per heavy atom. The van der Waals surface area contributed by atoms with Crippen LogP contribution in [-0.4, -0.2) is 13.2 Å². The van der Waals surface area contributed by atoms with Gasteiger partial charge in [0.05, 0.1) is 0 Å². The van der Waals surface area contributed by atoms with Crippen LogP contribution in [0.1, 0.15) is 33.1 Å². The molecule has 1 fully saturated rings. The van der Waals surface area contributed by atoms with Crippen LogP contribution in [0.3, 0.4) is 0 Å². The number of hydrogen-bond acceptors (Lipinski definition) is 1. The minimum atomic E-state index is 1.00. The van der Waals surface area contributed by atoms with Gasteiger partial charge in [-0.05, 0) is 19.3 Å². The van der Waals surface area contributed by atoms with E-state index >= 15 is 0 Å². The van der Waals surface area contributed by atoms with Crippen LogP contribution >= 0.6 is 0 Å². The zero-order chi connectivity index (χ0) is 8.24. The van der Waals surface area contributed by atoms with Gasteiger partial charge in [-0.3, -0.25) is 0 Å². The van der Waals surface area contributed by atoms with E-state index in [2.05, 4.69) is 13.2 Å². The Morgan fingerprint density at radius 3 is 1.40 bits per heavy atom. The van der Waals surface area contributed by atoms with E-state index in [4.69, 9.17) is 4.74 Å². The van der Waals surface area contributed by atoms with Crippen LogP contribution < -0.4 is 0 Å². The molecule has 0 aromatic rings. The van der Waals surface area contributed by atoms with Gasteiger partial charge in [0.1, 0.15) is 0 Å². The molecule has 0 radical (unpaired) electrons. The Bertz CT molecular complexity index is 28.5. The molecule has 0 saturated carbocycles. The van der Waals surface area contributed by atoms with Gasteiger partial charge in [-0.25, -0.2) is 0 Å². The van der Waals surface area contributed by atoms with Crippen molar-refractivity contribution >= 4 is 0 Å². The lowest BCUT2D eigenvalue weighted by Crippen LogP contribution is -2.03. The summed E-state index contributed by atoms with van der Waals surface area (Å²) in [6.07, 6.45) is 3.93. The van der Waals surface area contributed by atoms with Crippen molar-refractivity contribution in [1.29, 1.82) is 0 Å². The van der Waals surface area contributed by atoms with Gasteiger partial charge >= 0.3 is 0 Å². The summed E-state index contributed by atoms with van der Waals surface area (Å²) < 4.78 is 5.07. The van der Waals surface area contributed by atoms with Crippen LogP contribution in [-0.2, 0) is 4.74 Å². The van der Waals surface area contributed by atoms with Gasteiger partial charge in [-0.2, -0.15) is 0 Å². The zero-order valence-corrected chi connectivity index (χ0v) is 7.36. The first kappa shape index (κ1) is 12.4. The molecule has 0 amide bonds. The Labute approximate surface area is 65.1 Å². The predicted molar refractivity (Wildman–Crippen MR) is 47.3 cm³/mol. The zero-order valence-electron chi connectivity index (χ0n) is 7.36. The average molecular weight is 144 g/mol. The summed E-state index contributed by atoms with van der Waals surface area (Å²) in [5.74, 6) is 0. The normalized spacial score (nSPS) is 15.4. The molecule has 1 aliphatic heterocycles. The predicted octanol–water partition coefficient (Wildman–Crippen LogP) is 3.02. The van der Waals surface area contributed by atoms with Crippen molar-refractivity contribution in [2.24, 2.45) is 0 Å². The molecule has 1 aliphatic rings. The Hall–Kier alpha value is -0.300. The Kier molecular flexibility index (Phi) is 19.7. The molecule has 0 atom stereocenters. The number of rotatable bonds is 0. The summed E-state index contributed by atoms with van der Waals surface area (Å²) in [4.78, 5) is 0. The third kappa shape index (κ3) is 10.6. The standard InChI is InChI=1S/C5H10O.C2H6.C2H4/c1-2-4-6-5-3-1;2*1-2/h1-5H2;1-2H3;1-2H2. The topological polar surface area (TPSA) is 9.23 Å². The van der Waals surface area contributed by atoms with Crippen LogP contribution in [0, 0.1) is 0 Å². The highest BCUT2D eigenvalue weighted by Crippen LogP contribution is 2.02. The molecule has 1 nitrogen and oxygen atoms in total. The summed E-state index contributed by atoms with van der Waals surface area (Å²) in [6.45, 7) is 12.0. The van der Waals surface area contributed by atoms with Crippen molar-refractivity contribution in [1.82, 2.24) is 0 Å². The van der Waals surface area contributed by atoms with Crippen molar-refractivity contribution in [2.75, 3.05) is 13.2 Å². The van der Waals surface area contributed by atoms with Crippen molar-refractivity contribution in [3.8, 4) is 0 Å². The van der Waals surface area contributed by atoms with Gasteiger partial charge in [0, 0.05) is 13.2 Å². The van der Waals surface area contributed by atoms with E-state index in [-0.39, 0.29) is 0 Å². The first-order valence-corrected chi connectivity index (χ1v) is 4.08. The number of hydrogen-bond donors (Lipinski definition) is 0. The van der Waals surface area contributed by atoms with E-state index in [1.807, 2.05) is 13.8 Å². The van der Waals surface area contributed by atoms with Gasteiger partial charge in [-0.1, -0.05) is 13.8 Å². The maximum Gasteiger partial charge on any atom is 0.0466 e. The average Bonchev–Trinajstić information content (AvgIpc) is 2.14. The molecule has 1 heterocycles. The second-order valence-electron chi connectivity index (χ2n) is 1.67. The van der Waals surface area contributed by atoms with Crippen LogP contribution in [0.2, 0.25) is 0 Å². The van der Waals surface area contributed by atoms with Gasteiger partial charge in [-0.15, -0.1) is 13.2 Å². The summed E-state index contributed by atoms with van der Waals surface area (Å²) in [5.41, 5.74) is 0. The molecular weight excluding hydrogens is 124 g/mol. The molecule has 0 N–H and O–H groups in total. The van der Waals surface area contributed by atoms with Crippen LogP contribution in [0.5, 0.6) is 0 Å². The van der Waals surface area contributed by atoms with Gasteiger partial charge < -0.3 is 4.74 Å². The van der Waals surface area contributed by atoms with Crippen LogP contribution in [0.25, 0.3) is 0 Å². The molecule has 1 rings (SSSR count). The fourth-order valence-electron chi connectivity index (χ4n) is 0.687. The quantitative estimate of drug-likeness (QED) is 0.475. The van der Waals surface area contributed by atoms with Crippen LogP contribution in [0.4, 0.5) is 0 Å². The lowest BCUT2D eigenvalue weighted by atomic mass is 10.2. The summed E-state index contributed by atoms with van der Waals surface area (Å²) in [5, 5.41) is 0. The van der Waals surface area contributed by atoms with E-state index in [0.29, 0.717) is 0 Å². The summed E-state index contributed by atoms with van der Waals surface area (Å²) in [6, 6.07) is 0. The summed E-state index contributed by atoms with van der Waals surface area (Å²) in [7, 11) is 0. The summed E-state index contributed by atoms with van der Waals surface area (Å²) >= 11 is 0. The van der Waals surface area contributed by atoms with E-state index in [1.165, 1.54) is 19.3 Å². The van der Waals surface area contributed by atoms with Crippen molar-refractivity contribution < 1.29 is 4.74 Å². The minimum absolute atomic E-state index is 1.00. The van der Waals surface area contributed by atoms with E-state index in [9.17, 15) is 0 Å². The molecular formula is C9H20O. The fraction of sp³-hybridized carbons (Fsp3) is 0.778. The second kappa shape index (κ2) is 15.9. The van der Waals surface area contributed by atoms with Crippen molar-refractivity contribution in [3.63, 3.8) is 0 Å². The smallest absolute Gasteiger partial charge is 0.0466 e. The maximum absolute atomic E-state index is 5.07. The SMILES string of the molecule is C1CCOCC1.C=C.CC. The van der Waals surface area contributed by atoms with Gasteiger partial charge in [0.15, 0.2) is 0 Å². The molecule has 1 saturated heterocycles. The lowest BCUT2D eigenvalue weighted by molar-refractivity contribution is 0.0968. The first-order chi connectivity index (χ1) is 5.00. The number of ether oxygens (including phenoxy) is 1. The molecule has 10 heavy (non-hydrogen) atoms. The highest BCUT2D eigenvalue weighted by Gasteiger charge is 1.94. The molecule has 0 aliphatic carbocycles. The van der Waals surface area contributed by atoms with E-state index < -0.39 is 0 Å². The van der Waals surface area contributed by atoms with Gasteiger partial charge in [0.25, 0.3) is 0 Å². The monoisotopic (exact) mass is 144 g/mol. The molecule has 0 aromatic carbocycles. The largest absolute Gasteiger partial charge is 0.381 e. The minimum Gasteiger partial charge on any atom is -0.381 e. The van der Waals surface area contributed by atoms with Crippen molar-refractivity contribution in [2.45, 2.75) is 33.1 Å². The van der Waals surface area contributed by atoms with Crippen molar-refractivity contribution in [3.05, 3.63) is 13.2 Å². The molecule has 62 valence electrons. The molecule has 0 aromatic heterocycles. The Morgan fingerprint density at radius 2 is 1.30 bits per heavy atom. The van der Waals surface area contributed by atoms with Gasteiger partial charge in [0.2, 0.25) is 0 Å². The highest BCUT2D eigenvalue weighted by atomic mass is 16.5. The lowest BCUT2D eigenvalue weighted by Gasteiger charge is -2.08. The maximum atomic E-state index is 5.07. The Balaban J connectivity index is 0. The molecule has 0 unspecified atom stereocenters. The molecule has 0 spiro atoms. The third-order valence-corrected chi connectivity index (χ3v) is 1.08. The third-order valence-electron chi connectivity index (χ3n) is 1.08.